The van der Waals surface area contributed by atoms with Crippen molar-refractivity contribution in [3.63, 3.8) is 0 Å². The van der Waals surface area contributed by atoms with Gasteiger partial charge < -0.3 is 10.6 Å². The number of fused-ring (bicyclic) bond motifs is 1. The molecule has 2 aromatic heterocycles. The average Bonchev–Trinajstić information content (AvgIpc) is 2.81. The standard InChI is InChI=1S/C14H15ClN4O/c1-8-6-19(7-9(8)14(16)20)12-5-10(15)13-11(18-12)3-2-4-17-13/h2-5,8-9H,6-7H2,1H3,(H2,16,20)/t8-,9-/m1/s1. The molecule has 0 spiro atoms. The van der Waals surface area contributed by atoms with Crippen LogP contribution in [0.2, 0.25) is 5.02 Å². The molecule has 1 saturated heterocycles. The number of nitrogens with zero attached hydrogens (tertiary/aromatic N) is 3. The molecule has 1 fully saturated rings. The summed E-state index contributed by atoms with van der Waals surface area (Å²) in [6.45, 7) is 3.37. The van der Waals surface area contributed by atoms with Gasteiger partial charge in [-0.05, 0) is 18.1 Å². The largest absolute Gasteiger partial charge is 0.369 e. The first-order chi connectivity index (χ1) is 9.56. The molecule has 0 aliphatic carbocycles. The molecular formula is C14H15ClN4O. The van der Waals surface area contributed by atoms with E-state index in [-0.39, 0.29) is 17.7 Å². The van der Waals surface area contributed by atoms with Crippen molar-refractivity contribution in [1.29, 1.82) is 0 Å². The predicted molar refractivity (Wildman–Crippen MR) is 78.6 cm³/mol. The molecule has 5 nitrogen and oxygen atoms in total. The molecule has 0 bridgehead atoms. The van der Waals surface area contributed by atoms with Crippen LogP contribution in [0, 0.1) is 11.8 Å². The van der Waals surface area contributed by atoms with E-state index in [9.17, 15) is 4.79 Å². The molecule has 2 atom stereocenters. The van der Waals surface area contributed by atoms with Crippen LogP contribution in [-0.4, -0.2) is 29.0 Å². The fourth-order valence-electron chi connectivity index (χ4n) is 2.69. The maximum atomic E-state index is 11.4. The number of amides is 1. The lowest BCUT2D eigenvalue weighted by Crippen LogP contribution is -2.29. The summed E-state index contributed by atoms with van der Waals surface area (Å²) in [7, 11) is 0. The minimum Gasteiger partial charge on any atom is -0.369 e. The lowest BCUT2D eigenvalue weighted by atomic mass is 9.98. The Bertz CT molecular complexity index is 675. The van der Waals surface area contributed by atoms with Crippen LogP contribution in [0.15, 0.2) is 24.4 Å². The van der Waals surface area contributed by atoms with Crippen LogP contribution in [0.3, 0.4) is 0 Å². The highest BCUT2D eigenvalue weighted by atomic mass is 35.5. The molecule has 0 saturated carbocycles. The number of nitrogens with two attached hydrogens (primary N) is 1. The highest BCUT2D eigenvalue weighted by Crippen LogP contribution is 2.30. The van der Waals surface area contributed by atoms with Crippen LogP contribution in [-0.2, 0) is 4.79 Å². The van der Waals surface area contributed by atoms with Gasteiger partial charge in [-0.2, -0.15) is 0 Å². The monoisotopic (exact) mass is 290 g/mol. The lowest BCUT2D eigenvalue weighted by molar-refractivity contribution is -0.122. The Morgan fingerprint density at radius 3 is 3.00 bits per heavy atom. The fraction of sp³-hybridized carbons (Fsp3) is 0.357. The van der Waals surface area contributed by atoms with Gasteiger partial charge in [0.25, 0.3) is 0 Å². The van der Waals surface area contributed by atoms with E-state index in [4.69, 9.17) is 17.3 Å². The Kier molecular flexibility index (Phi) is 3.22. The molecule has 1 aliphatic rings. The van der Waals surface area contributed by atoms with Crippen molar-refractivity contribution in [3.05, 3.63) is 29.4 Å². The Labute approximate surface area is 121 Å². The van der Waals surface area contributed by atoms with Crippen molar-refractivity contribution < 1.29 is 4.79 Å². The Morgan fingerprint density at radius 1 is 1.50 bits per heavy atom. The molecule has 2 N–H and O–H groups in total. The number of carbonyl (C=O) groups is 1. The number of anilines is 1. The predicted octanol–water partition coefficient (Wildman–Crippen LogP) is 1.84. The van der Waals surface area contributed by atoms with E-state index in [2.05, 4.69) is 14.9 Å². The first-order valence-corrected chi connectivity index (χ1v) is 6.89. The van der Waals surface area contributed by atoms with Crippen LogP contribution in [0.1, 0.15) is 6.92 Å². The highest BCUT2D eigenvalue weighted by Gasteiger charge is 2.34. The molecule has 0 aromatic carbocycles. The molecule has 3 heterocycles. The van der Waals surface area contributed by atoms with E-state index < -0.39 is 0 Å². The summed E-state index contributed by atoms with van der Waals surface area (Å²) in [5.74, 6) is 0.595. The SMILES string of the molecule is C[C@@H]1CN(c2cc(Cl)c3ncccc3n2)C[C@H]1C(N)=O. The molecule has 0 unspecified atom stereocenters. The third kappa shape index (κ3) is 2.18. The lowest BCUT2D eigenvalue weighted by Gasteiger charge is -2.17. The topological polar surface area (TPSA) is 72.1 Å². The van der Waals surface area contributed by atoms with Crippen LogP contribution in [0.25, 0.3) is 11.0 Å². The first-order valence-electron chi connectivity index (χ1n) is 6.52. The van der Waals surface area contributed by atoms with Gasteiger partial charge in [-0.25, -0.2) is 4.98 Å². The summed E-state index contributed by atoms with van der Waals surface area (Å²) in [5, 5.41) is 0.570. The molecular weight excluding hydrogens is 276 g/mol. The third-order valence-electron chi connectivity index (χ3n) is 3.81. The van der Waals surface area contributed by atoms with E-state index in [0.29, 0.717) is 17.1 Å². The maximum Gasteiger partial charge on any atom is 0.222 e. The van der Waals surface area contributed by atoms with Gasteiger partial charge in [0, 0.05) is 25.4 Å². The number of pyridine rings is 2. The summed E-state index contributed by atoms with van der Waals surface area (Å²) < 4.78 is 0. The second-order valence-corrected chi connectivity index (χ2v) is 5.63. The molecule has 1 amide bonds. The van der Waals surface area contributed by atoms with Crippen molar-refractivity contribution in [2.75, 3.05) is 18.0 Å². The normalized spacial score (nSPS) is 22.4. The van der Waals surface area contributed by atoms with E-state index in [1.54, 1.807) is 12.3 Å². The number of hydrogen-bond acceptors (Lipinski definition) is 4. The zero-order valence-electron chi connectivity index (χ0n) is 11.1. The number of rotatable bonds is 2. The summed E-state index contributed by atoms with van der Waals surface area (Å²) in [6.07, 6.45) is 1.69. The van der Waals surface area contributed by atoms with E-state index >= 15 is 0 Å². The zero-order valence-corrected chi connectivity index (χ0v) is 11.8. The second kappa shape index (κ2) is 4.90. The van der Waals surface area contributed by atoms with Gasteiger partial charge in [-0.15, -0.1) is 0 Å². The Hall–Kier alpha value is -1.88. The van der Waals surface area contributed by atoms with Crippen molar-refractivity contribution in [2.24, 2.45) is 17.6 Å². The van der Waals surface area contributed by atoms with Gasteiger partial charge in [0.05, 0.1) is 16.5 Å². The van der Waals surface area contributed by atoms with Gasteiger partial charge in [-0.1, -0.05) is 18.5 Å². The average molecular weight is 291 g/mol. The van der Waals surface area contributed by atoms with Crippen molar-refractivity contribution in [2.45, 2.75) is 6.92 Å². The van der Waals surface area contributed by atoms with Gasteiger partial charge in [0.15, 0.2) is 0 Å². The van der Waals surface area contributed by atoms with Gasteiger partial charge in [-0.3, -0.25) is 9.78 Å². The number of aromatic nitrogens is 2. The molecule has 6 heteroatoms. The Morgan fingerprint density at radius 2 is 2.30 bits per heavy atom. The Balaban J connectivity index is 1.97. The minimum atomic E-state index is -0.256. The van der Waals surface area contributed by atoms with Crippen LogP contribution in [0.4, 0.5) is 5.82 Å². The third-order valence-corrected chi connectivity index (χ3v) is 4.09. The number of carbonyl (C=O) groups excluding carboxylic acids is 1. The smallest absolute Gasteiger partial charge is 0.222 e. The number of hydrogen-bond donors (Lipinski definition) is 1. The second-order valence-electron chi connectivity index (χ2n) is 5.22. The van der Waals surface area contributed by atoms with Crippen LogP contribution >= 0.6 is 11.6 Å². The van der Waals surface area contributed by atoms with Gasteiger partial charge in [0.1, 0.15) is 11.3 Å². The number of primary amides is 1. The van der Waals surface area contributed by atoms with Crippen molar-refractivity contribution in [1.82, 2.24) is 9.97 Å². The fourth-order valence-corrected chi connectivity index (χ4v) is 2.94. The zero-order chi connectivity index (χ0) is 14.3. The molecule has 3 rings (SSSR count). The quantitative estimate of drug-likeness (QED) is 0.916. The first kappa shape index (κ1) is 13.1. The number of halogens is 1. The van der Waals surface area contributed by atoms with Gasteiger partial charge >= 0.3 is 0 Å². The van der Waals surface area contributed by atoms with Crippen LogP contribution in [0.5, 0.6) is 0 Å². The molecule has 0 radical (unpaired) electrons. The van der Waals surface area contributed by atoms with Crippen molar-refractivity contribution >= 4 is 34.4 Å². The molecule has 2 aromatic rings. The summed E-state index contributed by atoms with van der Waals surface area (Å²) in [4.78, 5) is 22.3. The summed E-state index contributed by atoms with van der Waals surface area (Å²) >= 11 is 6.26. The maximum absolute atomic E-state index is 11.4. The molecule has 20 heavy (non-hydrogen) atoms. The molecule has 1 aliphatic heterocycles. The highest BCUT2D eigenvalue weighted by molar-refractivity contribution is 6.35. The van der Waals surface area contributed by atoms with E-state index in [0.717, 1.165) is 17.9 Å². The van der Waals surface area contributed by atoms with Crippen molar-refractivity contribution in [3.8, 4) is 0 Å². The molecule has 104 valence electrons. The van der Waals surface area contributed by atoms with E-state index in [1.807, 2.05) is 19.1 Å². The van der Waals surface area contributed by atoms with E-state index in [1.165, 1.54) is 0 Å². The van der Waals surface area contributed by atoms with Gasteiger partial charge in [0.2, 0.25) is 5.91 Å². The summed E-state index contributed by atoms with van der Waals surface area (Å²) in [6, 6.07) is 5.50. The van der Waals surface area contributed by atoms with Crippen LogP contribution < -0.4 is 10.6 Å². The summed E-state index contributed by atoms with van der Waals surface area (Å²) in [5.41, 5.74) is 6.87. The minimum absolute atomic E-state index is 0.139.